The van der Waals surface area contributed by atoms with Gasteiger partial charge in [0.15, 0.2) is 0 Å². The van der Waals surface area contributed by atoms with E-state index in [1.807, 2.05) is 43.0 Å². The maximum absolute atomic E-state index is 13.6. The van der Waals surface area contributed by atoms with Crippen molar-refractivity contribution in [3.8, 4) is 0 Å². The number of carbonyl (C=O) groups is 3. The van der Waals surface area contributed by atoms with Crippen LogP contribution in [0.25, 0.3) is 0 Å². The Morgan fingerprint density at radius 3 is 2.29 bits per heavy atom. The molecule has 0 aromatic heterocycles. The van der Waals surface area contributed by atoms with Gasteiger partial charge in [-0.3, -0.25) is 9.59 Å². The Morgan fingerprint density at radius 1 is 0.974 bits per heavy atom. The second kappa shape index (κ2) is 12.8. The van der Waals surface area contributed by atoms with Crippen LogP contribution in [0.2, 0.25) is 0 Å². The molecular weight excluding hydrogens is 485 g/mol. The Morgan fingerprint density at radius 2 is 1.66 bits per heavy atom. The molecule has 9 heteroatoms. The van der Waals surface area contributed by atoms with Gasteiger partial charge < -0.3 is 25.3 Å². The van der Waals surface area contributed by atoms with Gasteiger partial charge in [-0.2, -0.15) is 0 Å². The summed E-state index contributed by atoms with van der Waals surface area (Å²) in [6.07, 6.45) is 5.80. The molecule has 0 spiro atoms. The molecule has 1 heterocycles. The second-order valence-corrected chi connectivity index (χ2v) is 10.4. The Hall–Kier alpha value is -3.62. The molecule has 0 bridgehead atoms. The quantitative estimate of drug-likeness (QED) is 0.561. The Labute approximate surface area is 224 Å². The van der Waals surface area contributed by atoms with Gasteiger partial charge in [0, 0.05) is 55.2 Å². The zero-order valence-electron chi connectivity index (χ0n) is 22.3. The molecule has 1 aliphatic heterocycles. The molecule has 0 atom stereocenters. The van der Waals surface area contributed by atoms with E-state index in [9.17, 15) is 18.8 Å². The number of carbonyl (C=O) groups excluding carboxylic acids is 3. The highest BCUT2D eigenvalue weighted by atomic mass is 19.1. The number of hydrogen-bond acceptors (Lipinski definition) is 4. The fraction of sp³-hybridized carbons (Fsp3) is 0.483. The highest BCUT2D eigenvalue weighted by Crippen LogP contribution is 2.21. The van der Waals surface area contributed by atoms with E-state index in [-0.39, 0.29) is 30.1 Å². The number of rotatable bonds is 7. The van der Waals surface area contributed by atoms with E-state index in [1.54, 1.807) is 6.07 Å². The van der Waals surface area contributed by atoms with Crippen molar-refractivity contribution >= 4 is 29.2 Å². The van der Waals surface area contributed by atoms with Gasteiger partial charge >= 0.3 is 6.03 Å². The lowest BCUT2D eigenvalue weighted by Crippen LogP contribution is -2.53. The number of nitrogens with one attached hydrogen (secondary N) is 2. The minimum absolute atomic E-state index is 0.0425. The van der Waals surface area contributed by atoms with Crippen LogP contribution in [0.1, 0.15) is 56.3 Å². The first-order valence-electron chi connectivity index (χ1n) is 13.6. The normalized spacial score (nSPS) is 16.3. The molecule has 4 amide bonds. The number of halogens is 1. The molecular formula is C29H38FN5O3. The lowest BCUT2D eigenvalue weighted by molar-refractivity contribution is -0.117. The smallest absolute Gasteiger partial charge is 0.317 e. The summed E-state index contributed by atoms with van der Waals surface area (Å²) >= 11 is 0. The Bertz CT molecular complexity index is 1110. The van der Waals surface area contributed by atoms with E-state index in [4.69, 9.17) is 0 Å². The van der Waals surface area contributed by atoms with Crippen LogP contribution in [-0.2, 0) is 4.79 Å². The van der Waals surface area contributed by atoms with Crippen molar-refractivity contribution in [1.29, 1.82) is 0 Å². The first-order chi connectivity index (χ1) is 18.3. The molecule has 1 saturated heterocycles. The van der Waals surface area contributed by atoms with E-state index >= 15 is 0 Å². The molecule has 2 aliphatic rings. The third-order valence-electron chi connectivity index (χ3n) is 7.29. The number of piperazine rings is 1. The molecule has 2 N–H and O–H groups in total. The van der Waals surface area contributed by atoms with Crippen molar-refractivity contribution in [2.45, 2.75) is 58.0 Å². The van der Waals surface area contributed by atoms with E-state index in [0.29, 0.717) is 24.8 Å². The molecule has 2 aromatic rings. The summed E-state index contributed by atoms with van der Waals surface area (Å²) < 4.78 is 13.6. The number of hydrogen-bond donors (Lipinski definition) is 2. The van der Waals surface area contributed by atoms with Gasteiger partial charge in [-0.1, -0.05) is 25.3 Å². The predicted octanol–water partition coefficient (Wildman–Crippen LogP) is 4.48. The minimum atomic E-state index is -0.492. The minimum Gasteiger partial charge on any atom is -0.368 e. The van der Waals surface area contributed by atoms with Gasteiger partial charge in [-0.25, -0.2) is 9.18 Å². The van der Waals surface area contributed by atoms with Crippen molar-refractivity contribution in [3.05, 3.63) is 59.9 Å². The third-order valence-corrected chi connectivity index (χ3v) is 7.29. The lowest BCUT2D eigenvalue weighted by Gasteiger charge is -2.37. The maximum atomic E-state index is 13.6. The van der Waals surface area contributed by atoms with Crippen LogP contribution in [-0.4, -0.2) is 72.5 Å². The van der Waals surface area contributed by atoms with Crippen LogP contribution in [0.3, 0.4) is 0 Å². The van der Waals surface area contributed by atoms with E-state index in [1.165, 1.54) is 42.4 Å². The number of urea groups is 1. The molecule has 204 valence electrons. The number of nitrogens with zero attached hydrogens (tertiary/aromatic N) is 3. The van der Waals surface area contributed by atoms with E-state index in [2.05, 4.69) is 15.5 Å². The Kier molecular flexibility index (Phi) is 9.20. The first-order valence-corrected chi connectivity index (χ1v) is 13.6. The molecule has 1 aliphatic carbocycles. The summed E-state index contributed by atoms with van der Waals surface area (Å²) in [5.74, 6) is -1.21. The SMILES string of the molecule is CC(C)N(CC(=O)Nc1ccc(N2CCN(C(=O)NC3CCCCC3)CC2)cc1)C(=O)c1cccc(F)c1. The van der Waals surface area contributed by atoms with Gasteiger partial charge in [-0.15, -0.1) is 0 Å². The van der Waals surface area contributed by atoms with Crippen LogP contribution in [0.5, 0.6) is 0 Å². The predicted molar refractivity (Wildman–Crippen MR) is 147 cm³/mol. The largest absolute Gasteiger partial charge is 0.368 e. The van der Waals surface area contributed by atoms with Crippen molar-refractivity contribution in [1.82, 2.24) is 15.1 Å². The summed E-state index contributed by atoms with van der Waals surface area (Å²) in [5, 5.41) is 6.04. The molecule has 8 nitrogen and oxygen atoms in total. The summed E-state index contributed by atoms with van der Waals surface area (Å²) in [6, 6.07) is 13.2. The molecule has 0 radical (unpaired) electrons. The lowest BCUT2D eigenvalue weighted by atomic mass is 9.96. The third kappa shape index (κ3) is 7.24. The Balaban J connectivity index is 1.26. The average molecular weight is 524 g/mol. The summed E-state index contributed by atoms with van der Waals surface area (Å²) in [6.45, 7) is 6.32. The second-order valence-electron chi connectivity index (χ2n) is 10.4. The van der Waals surface area contributed by atoms with Gasteiger partial charge in [0.1, 0.15) is 12.4 Å². The monoisotopic (exact) mass is 523 g/mol. The van der Waals surface area contributed by atoms with Crippen molar-refractivity contribution < 1.29 is 18.8 Å². The van der Waals surface area contributed by atoms with Crippen molar-refractivity contribution in [2.24, 2.45) is 0 Å². The van der Waals surface area contributed by atoms with Gasteiger partial charge in [0.05, 0.1) is 0 Å². The fourth-order valence-electron chi connectivity index (χ4n) is 5.07. The summed E-state index contributed by atoms with van der Waals surface area (Å²) in [5.41, 5.74) is 1.87. The summed E-state index contributed by atoms with van der Waals surface area (Å²) in [7, 11) is 0. The highest BCUT2D eigenvalue weighted by molar-refractivity contribution is 5.99. The molecule has 1 saturated carbocycles. The number of anilines is 2. The van der Waals surface area contributed by atoms with Crippen LogP contribution in [0, 0.1) is 5.82 Å². The zero-order valence-corrected chi connectivity index (χ0v) is 22.3. The highest BCUT2D eigenvalue weighted by Gasteiger charge is 2.25. The number of amides is 4. The van der Waals surface area contributed by atoms with Gasteiger partial charge in [-0.05, 0) is 69.2 Å². The average Bonchev–Trinajstić information content (AvgIpc) is 2.92. The zero-order chi connectivity index (χ0) is 27.1. The van der Waals surface area contributed by atoms with Crippen LogP contribution in [0.15, 0.2) is 48.5 Å². The van der Waals surface area contributed by atoms with Gasteiger partial charge in [0.2, 0.25) is 5.91 Å². The van der Waals surface area contributed by atoms with E-state index in [0.717, 1.165) is 31.6 Å². The molecule has 4 rings (SSSR count). The standard InChI is InChI=1S/C29H38FN5O3/c1-21(2)35(28(37)22-7-6-8-23(30)19-22)20-27(36)31-25-11-13-26(14-12-25)33-15-17-34(18-16-33)29(38)32-24-9-4-3-5-10-24/h6-8,11-14,19,21,24H,3-5,9-10,15-18,20H2,1-2H3,(H,31,36)(H,32,38). The molecule has 0 unspecified atom stereocenters. The van der Waals surface area contributed by atoms with Crippen LogP contribution >= 0.6 is 0 Å². The summed E-state index contributed by atoms with van der Waals surface area (Å²) in [4.78, 5) is 43.8. The molecule has 2 aromatic carbocycles. The van der Waals surface area contributed by atoms with Crippen molar-refractivity contribution in [3.63, 3.8) is 0 Å². The van der Waals surface area contributed by atoms with Crippen LogP contribution < -0.4 is 15.5 Å². The van der Waals surface area contributed by atoms with Crippen molar-refractivity contribution in [2.75, 3.05) is 42.9 Å². The first kappa shape index (κ1) is 27.4. The van der Waals surface area contributed by atoms with Gasteiger partial charge in [0.25, 0.3) is 5.91 Å². The topological polar surface area (TPSA) is 85.0 Å². The number of benzene rings is 2. The fourth-order valence-corrected chi connectivity index (χ4v) is 5.07. The van der Waals surface area contributed by atoms with Crippen LogP contribution in [0.4, 0.5) is 20.6 Å². The van der Waals surface area contributed by atoms with E-state index < -0.39 is 11.7 Å². The molecule has 2 fully saturated rings. The molecule has 38 heavy (non-hydrogen) atoms. The maximum Gasteiger partial charge on any atom is 0.317 e.